The molecule has 0 radical (unpaired) electrons. The first-order valence-corrected chi connectivity index (χ1v) is 5.33. The van der Waals surface area contributed by atoms with Crippen molar-refractivity contribution in [3.63, 3.8) is 0 Å². The summed E-state index contributed by atoms with van der Waals surface area (Å²) in [5, 5.41) is 0. The summed E-state index contributed by atoms with van der Waals surface area (Å²) in [6.07, 6.45) is 1.73. The minimum absolute atomic E-state index is 0.159. The molecule has 1 aromatic rings. The van der Waals surface area contributed by atoms with Crippen molar-refractivity contribution in [3.8, 4) is 0 Å². The van der Waals surface area contributed by atoms with Crippen LogP contribution in [0.5, 0.6) is 0 Å². The molecular formula is C14H14O3. The minimum Gasteiger partial charge on any atom is -0.496 e. The van der Waals surface area contributed by atoms with Crippen LogP contribution in [0.4, 0.5) is 0 Å². The molecule has 2 rings (SSSR count). The maximum atomic E-state index is 11.8. The summed E-state index contributed by atoms with van der Waals surface area (Å²) in [5.41, 5.74) is 2.48. The Bertz CT molecular complexity index is 500. The van der Waals surface area contributed by atoms with Crippen molar-refractivity contribution in [1.29, 1.82) is 0 Å². The molecule has 1 unspecified atom stereocenters. The van der Waals surface area contributed by atoms with E-state index in [4.69, 9.17) is 9.47 Å². The fourth-order valence-corrected chi connectivity index (χ4v) is 2.21. The van der Waals surface area contributed by atoms with Crippen LogP contribution in [-0.4, -0.2) is 20.2 Å². The minimum atomic E-state index is -0.372. The molecule has 0 saturated carbocycles. The first-order chi connectivity index (χ1) is 8.24. The summed E-state index contributed by atoms with van der Waals surface area (Å²) in [4.78, 5) is 11.8. The van der Waals surface area contributed by atoms with Crippen molar-refractivity contribution in [2.75, 3.05) is 14.2 Å². The molecule has 0 aromatic heterocycles. The molecule has 0 amide bonds. The molecule has 0 aliphatic heterocycles. The van der Waals surface area contributed by atoms with Crippen LogP contribution in [0.1, 0.15) is 17.0 Å². The molecule has 1 atom stereocenters. The smallest absolute Gasteiger partial charge is 0.338 e. The van der Waals surface area contributed by atoms with E-state index in [0.717, 1.165) is 11.1 Å². The zero-order chi connectivity index (χ0) is 12.4. The molecular weight excluding hydrogens is 216 g/mol. The molecule has 1 aliphatic rings. The van der Waals surface area contributed by atoms with Crippen molar-refractivity contribution < 1.29 is 14.3 Å². The van der Waals surface area contributed by atoms with Crippen molar-refractivity contribution in [3.05, 3.63) is 53.6 Å². The molecule has 3 nitrogen and oxygen atoms in total. The lowest BCUT2D eigenvalue weighted by atomic mass is 9.96. The van der Waals surface area contributed by atoms with Gasteiger partial charge in [-0.2, -0.15) is 0 Å². The lowest BCUT2D eigenvalue weighted by molar-refractivity contribution is -0.136. The van der Waals surface area contributed by atoms with Gasteiger partial charge in [-0.15, -0.1) is 6.58 Å². The number of allylic oxidation sites excluding steroid dienone is 1. The standard InChI is InChI=1S/C14H14O3/c1-4-9-10-7-5-6-8-11(10)13(16-2)12(9)14(15)17-3/h4-9H,1H2,2-3H3. The highest BCUT2D eigenvalue weighted by molar-refractivity contribution is 6.01. The Morgan fingerprint density at radius 3 is 2.65 bits per heavy atom. The topological polar surface area (TPSA) is 35.5 Å². The highest BCUT2D eigenvalue weighted by Gasteiger charge is 2.34. The summed E-state index contributed by atoms with van der Waals surface area (Å²) < 4.78 is 10.1. The predicted molar refractivity (Wildman–Crippen MR) is 65.3 cm³/mol. The molecule has 17 heavy (non-hydrogen) atoms. The number of rotatable bonds is 3. The molecule has 0 fully saturated rings. The van der Waals surface area contributed by atoms with Crippen LogP contribution in [0.25, 0.3) is 5.76 Å². The van der Waals surface area contributed by atoms with E-state index in [9.17, 15) is 4.79 Å². The van der Waals surface area contributed by atoms with Gasteiger partial charge in [-0.1, -0.05) is 30.3 Å². The molecule has 0 spiro atoms. The van der Waals surface area contributed by atoms with E-state index >= 15 is 0 Å². The van der Waals surface area contributed by atoms with Crippen LogP contribution in [0.2, 0.25) is 0 Å². The van der Waals surface area contributed by atoms with Crippen LogP contribution >= 0.6 is 0 Å². The maximum Gasteiger partial charge on any atom is 0.338 e. The number of hydrogen-bond donors (Lipinski definition) is 0. The van der Waals surface area contributed by atoms with E-state index in [1.54, 1.807) is 13.2 Å². The second-order valence-electron chi connectivity index (χ2n) is 3.74. The first kappa shape index (κ1) is 11.5. The molecule has 0 bridgehead atoms. The van der Waals surface area contributed by atoms with E-state index in [-0.39, 0.29) is 11.9 Å². The van der Waals surface area contributed by atoms with Gasteiger partial charge in [-0.05, 0) is 5.56 Å². The van der Waals surface area contributed by atoms with Gasteiger partial charge >= 0.3 is 5.97 Å². The number of methoxy groups -OCH3 is 2. The summed E-state index contributed by atoms with van der Waals surface area (Å²) in [5.74, 6) is 0.0499. The number of ether oxygens (including phenoxy) is 2. The van der Waals surface area contributed by atoms with Gasteiger partial charge in [0.1, 0.15) is 5.76 Å². The van der Waals surface area contributed by atoms with E-state index < -0.39 is 0 Å². The maximum absolute atomic E-state index is 11.8. The molecule has 0 N–H and O–H groups in total. The van der Waals surface area contributed by atoms with E-state index in [0.29, 0.717) is 11.3 Å². The number of hydrogen-bond acceptors (Lipinski definition) is 3. The van der Waals surface area contributed by atoms with Gasteiger partial charge in [0.05, 0.1) is 19.8 Å². The average molecular weight is 230 g/mol. The third kappa shape index (κ3) is 1.64. The fourth-order valence-electron chi connectivity index (χ4n) is 2.21. The normalized spacial score (nSPS) is 17.6. The lowest BCUT2D eigenvalue weighted by Crippen LogP contribution is -2.10. The van der Waals surface area contributed by atoms with Gasteiger partial charge in [0.2, 0.25) is 0 Å². The van der Waals surface area contributed by atoms with Crippen molar-refractivity contribution in [2.24, 2.45) is 0 Å². The summed E-state index contributed by atoms with van der Waals surface area (Å²) in [6, 6.07) is 7.75. The Morgan fingerprint density at radius 1 is 1.35 bits per heavy atom. The molecule has 88 valence electrons. The second-order valence-corrected chi connectivity index (χ2v) is 3.74. The van der Waals surface area contributed by atoms with Gasteiger partial charge in [-0.25, -0.2) is 4.79 Å². The van der Waals surface area contributed by atoms with E-state index in [2.05, 4.69) is 6.58 Å². The van der Waals surface area contributed by atoms with Crippen LogP contribution in [0.3, 0.4) is 0 Å². The van der Waals surface area contributed by atoms with E-state index in [1.807, 2.05) is 24.3 Å². The van der Waals surface area contributed by atoms with Gasteiger partial charge in [0.15, 0.2) is 0 Å². The third-order valence-electron chi connectivity index (χ3n) is 2.94. The summed E-state index contributed by atoms with van der Waals surface area (Å²) in [6.45, 7) is 3.78. The monoisotopic (exact) mass is 230 g/mol. The van der Waals surface area contributed by atoms with Crippen molar-refractivity contribution >= 4 is 11.7 Å². The summed E-state index contributed by atoms with van der Waals surface area (Å²) >= 11 is 0. The molecule has 1 aliphatic carbocycles. The van der Waals surface area contributed by atoms with Gasteiger partial charge in [0, 0.05) is 11.5 Å². The lowest BCUT2D eigenvalue weighted by Gasteiger charge is -2.09. The van der Waals surface area contributed by atoms with Crippen molar-refractivity contribution in [2.45, 2.75) is 5.92 Å². The Balaban J connectivity index is 2.63. The third-order valence-corrected chi connectivity index (χ3v) is 2.94. The highest BCUT2D eigenvalue weighted by atomic mass is 16.5. The van der Waals surface area contributed by atoms with Gasteiger partial charge in [0.25, 0.3) is 0 Å². The Hall–Kier alpha value is -2.03. The SMILES string of the molecule is C=CC1C(C(=O)OC)=C(OC)c2ccccc21. The predicted octanol–water partition coefficient (Wildman–Crippen LogP) is 2.50. The number of benzene rings is 1. The number of carbonyl (C=O) groups is 1. The Morgan fingerprint density at radius 2 is 2.06 bits per heavy atom. The Kier molecular flexibility index (Phi) is 3.00. The first-order valence-electron chi connectivity index (χ1n) is 5.33. The quantitative estimate of drug-likeness (QED) is 0.591. The largest absolute Gasteiger partial charge is 0.496 e. The zero-order valence-corrected chi connectivity index (χ0v) is 9.90. The Labute approximate surface area is 100 Å². The van der Waals surface area contributed by atoms with Crippen LogP contribution in [0.15, 0.2) is 42.5 Å². The highest BCUT2D eigenvalue weighted by Crippen LogP contribution is 2.43. The van der Waals surface area contributed by atoms with Gasteiger partial charge < -0.3 is 9.47 Å². The number of carbonyl (C=O) groups excluding carboxylic acids is 1. The molecule has 3 heteroatoms. The van der Waals surface area contributed by atoms with Crippen molar-refractivity contribution in [1.82, 2.24) is 0 Å². The van der Waals surface area contributed by atoms with E-state index in [1.165, 1.54) is 7.11 Å². The van der Waals surface area contributed by atoms with Gasteiger partial charge in [-0.3, -0.25) is 0 Å². The van der Waals surface area contributed by atoms with Crippen LogP contribution in [0, 0.1) is 0 Å². The molecule has 0 heterocycles. The zero-order valence-electron chi connectivity index (χ0n) is 9.90. The number of fused-ring (bicyclic) bond motifs is 1. The fraction of sp³-hybridized carbons (Fsp3) is 0.214. The molecule has 1 aromatic carbocycles. The summed E-state index contributed by atoms with van der Waals surface area (Å²) in [7, 11) is 2.92. The average Bonchev–Trinajstić information content (AvgIpc) is 2.71. The van der Waals surface area contributed by atoms with Crippen LogP contribution < -0.4 is 0 Å². The molecule has 0 saturated heterocycles. The van der Waals surface area contributed by atoms with Crippen LogP contribution in [-0.2, 0) is 14.3 Å². The number of esters is 1. The second kappa shape index (κ2) is 4.45.